The van der Waals surface area contributed by atoms with Crippen molar-refractivity contribution < 1.29 is 9.53 Å². The molecule has 0 radical (unpaired) electrons. The van der Waals surface area contributed by atoms with E-state index in [4.69, 9.17) is 4.74 Å². The Labute approximate surface area is 215 Å². The van der Waals surface area contributed by atoms with Crippen LogP contribution in [-0.2, 0) is 11.3 Å². The van der Waals surface area contributed by atoms with E-state index in [1.54, 1.807) is 4.90 Å². The van der Waals surface area contributed by atoms with Crippen LogP contribution in [0.3, 0.4) is 0 Å². The predicted molar refractivity (Wildman–Crippen MR) is 144 cm³/mol. The molecule has 2 atom stereocenters. The zero-order valence-corrected chi connectivity index (χ0v) is 22.3. The minimum atomic E-state index is -0.500. The first kappa shape index (κ1) is 25.8. The summed E-state index contributed by atoms with van der Waals surface area (Å²) < 4.78 is 5.55. The zero-order valence-electron chi connectivity index (χ0n) is 22.3. The second-order valence-electron chi connectivity index (χ2n) is 11.0. The van der Waals surface area contributed by atoms with Gasteiger partial charge in [-0.15, -0.1) is 0 Å². The van der Waals surface area contributed by atoms with Crippen LogP contribution in [0.4, 0.5) is 16.2 Å². The van der Waals surface area contributed by atoms with E-state index in [1.807, 2.05) is 26.8 Å². The van der Waals surface area contributed by atoms with Crippen molar-refractivity contribution in [3.05, 3.63) is 59.7 Å². The van der Waals surface area contributed by atoms with Crippen LogP contribution in [0.5, 0.6) is 0 Å². The van der Waals surface area contributed by atoms with Crippen LogP contribution in [-0.4, -0.2) is 72.8 Å². The van der Waals surface area contributed by atoms with Crippen LogP contribution < -0.4 is 9.80 Å². The standard InChI is InChI=1S/C29H39N5O2/c1-22-19-32(14-13-31(22)21-24-9-7-6-8-10-24)27-12-11-26(17-25(27)18-30)34-16-15-33(20-23(34)2)28(35)36-29(3,4)5/h6-12,17,22-23H,13-16,19-21H2,1-5H3/t22-,23-/m0/s1. The zero-order chi connectivity index (χ0) is 25.9. The maximum absolute atomic E-state index is 12.5. The van der Waals surface area contributed by atoms with Gasteiger partial charge in [0.05, 0.1) is 11.3 Å². The van der Waals surface area contributed by atoms with Gasteiger partial charge in [0.15, 0.2) is 0 Å². The van der Waals surface area contributed by atoms with Gasteiger partial charge in [-0.3, -0.25) is 4.90 Å². The average Bonchev–Trinajstić information content (AvgIpc) is 2.84. The van der Waals surface area contributed by atoms with E-state index < -0.39 is 5.60 Å². The van der Waals surface area contributed by atoms with E-state index in [0.29, 0.717) is 31.2 Å². The maximum Gasteiger partial charge on any atom is 0.410 e. The lowest BCUT2D eigenvalue weighted by Gasteiger charge is -2.42. The number of ether oxygens (including phenoxy) is 1. The summed E-state index contributed by atoms with van der Waals surface area (Å²) in [6.07, 6.45) is -0.261. The van der Waals surface area contributed by atoms with Gasteiger partial charge in [-0.05, 0) is 58.4 Å². The molecule has 2 aliphatic heterocycles. The van der Waals surface area contributed by atoms with Crippen molar-refractivity contribution in [2.45, 2.75) is 58.8 Å². The van der Waals surface area contributed by atoms with Gasteiger partial charge < -0.3 is 19.4 Å². The summed E-state index contributed by atoms with van der Waals surface area (Å²) in [6, 6.07) is 19.8. The third kappa shape index (κ3) is 6.11. The minimum Gasteiger partial charge on any atom is -0.444 e. The normalized spacial score (nSPS) is 21.3. The molecule has 2 heterocycles. The number of benzene rings is 2. The molecule has 0 N–H and O–H groups in total. The molecule has 7 heteroatoms. The van der Waals surface area contributed by atoms with Gasteiger partial charge in [0.2, 0.25) is 0 Å². The largest absolute Gasteiger partial charge is 0.444 e. The fourth-order valence-electron chi connectivity index (χ4n) is 5.17. The number of anilines is 2. The van der Waals surface area contributed by atoms with Crippen LogP contribution >= 0.6 is 0 Å². The van der Waals surface area contributed by atoms with Gasteiger partial charge >= 0.3 is 6.09 Å². The van der Waals surface area contributed by atoms with Gasteiger partial charge in [-0.2, -0.15) is 5.26 Å². The summed E-state index contributed by atoms with van der Waals surface area (Å²) in [5.74, 6) is 0. The Bertz CT molecular complexity index is 1090. The SMILES string of the molecule is C[C@H]1CN(c2ccc(N3CCN(C(=O)OC(C)(C)C)C[C@@H]3C)cc2C#N)CCN1Cc1ccccc1. The molecule has 192 valence electrons. The molecule has 0 aliphatic carbocycles. The predicted octanol–water partition coefficient (Wildman–Crippen LogP) is 4.71. The Kier molecular flexibility index (Phi) is 7.75. The van der Waals surface area contributed by atoms with Crippen molar-refractivity contribution in [1.29, 1.82) is 5.26 Å². The molecule has 0 aromatic heterocycles. The Morgan fingerprint density at radius 1 is 1.00 bits per heavy atom. The Hall–Kier alpha value is -3.24. The maximum atomic E-state index is 12.5. The van der Waals surface area contributed by atoms with Crippen LogP contribution in [0, 0.1) is 11.3 Å². The number of carbonyl (C=O) groups is 1. The molecule has 36 heavy (non-hydrogen) atoms. The third-order valence-corrected chi connectivity index (χ3v) is 7.05. The molecule has 2 aromatic carbocycles. The number of carbonyl (C=O) groups excluding carboxylic acids is 1. The number of piperazine rings is 2. The number of amides is 1. The molecule has 2 fully saturated rings. The summed E-state index contributed by atoms with van der Waals surface area (Å²) in [4.78, 5) is 21.4. The number of hydrogen-bond donors (Lipinski definition) is 0. The highest BCUT2D eigenvalue weighted by molar-refractivity contribution is 5.70. The Morgan fingerprint density at radius 3 is 2.39 bits per heavy atom. The highest BCUT2D eigenvalue weighted by Crippen LogP contribution is 2.30. The van der Waals surface area contributed by atoms with E-state index in [9.17, 15) is 10.1 Å². The number of nitrogens with zero attached hydrogens (tertiary/aromatic N) is 5. The summed E-state index contributed by atoms with van der Waals surface area (Å²) in [5.41, 5.74) is 3.58. The molecule has 2 aromatic rings. The van der Waals surface area contributed by atoms with Crippen molar-refractivity contribution in [3.8, 4) is 6.07 Å². The van der Waals surface area contributed by atoms with Gasteiger partial charge in [-0.1, -0.05) is 30.3 Å². The van der Waals surface area contributed by atoms with E-state index in [2.05, 4.69) is 77.1 Å². The molecule has 2 aliphatic rings. The quantitative estimate of drug-likeness (QED) is 0.620. The molecule has 0 spiro atoms. The van der Waals surface area contributed by atoms with Gasteiger partial charge in [-0.25, -0.2) is 4.79 Å². The van der Waals surface area contributed by atoms with Crippen LogP contribution in [0.25, 0.3) is 0 Å². The fourth-order valence-corrected chi connectivity index (χ4v) is 5.17. The molecule has 0 saturated carbocycles. The second-order valence-corrected chi connectivity index (χ2v) is 11.0. The van der Waals surface area contributed by atoms with Crippen LogP contribution in [0.1, 0.15) is 45.7 Å². The summed E-state index contributed by atoms with van der Waals surface area (Å²) in [5, 5.41) is 10.00. The van der Waals surface area contributed by atoms with Gasteiger partial charge in [0, 0.05) is 63.6 Å². The summed E-state index contributed by atoms with van der Waals surface area (Å²) in [7, 11) is 0. The number of rotatable bonds is 4. The average molecular weight is 490 g/mol. The molecule has 1 amide bonds. The van der Waals surface area contributed by atoms with Crippen LogP contribution in [0.15, 0.2) is 48.5 Å². The lowest BCUT2D eigenvalue weighted by molar-refractivity contribution is 0.0219. The van der Waals surface area contributed by atoms with Crippen molar-refractivity contribution in [2.24, 2.45) is 0 Å². The summed E-state index contributed by atoms with van der Waals surface area (Å²) >= 11 is 0. The Balaban J connectivity index is 1.41. The topological polar surface area (TPSA) is 63.0 Å². The van der Waals surface area contributed by atoms with Crippen molar-refractivity contribution in [1.82, 2.24) is 9.80 Å². The van der Waals surface area contributed by atoms with Gasteiger partial charge in [0.25, 0.3) is 0 Å². The van der Waals surface area contributed by atoms with E-state index in [1.165, 1.54) is 5.56 Å². The summed E-state index contributed by atoms with van der Waals surface area (Å²) in [6.45, 7) is 15.7. The number of nitriles is 1. The molecule has 7 nitrogen and oxygen atoms in total. The molecule has 0 bridgehead atoms. The van der Waals surface area contributed by atoms with Crippen molar-refractivity contribution in [3.63, 3.8) is 0 Å². The first-order valence-corrected chi connectivity index (χ1v) is 13.0. The molecule has 4 rings (SSSR count). The second kappa shape index (κ2) is 10.8. The smallest absolute Gasteiger partial charge is 0.410 e. The molecule has 0 unspecified atom stereocenters. The first-order chi connectivity index (χ1) is 17.1. The van der Waals surface area contributed by atoms with E-state index >= 15 is 0 Å². The third-order valence-electron chi connectivity index (χ3n) is 7.05. The van der Waals surface area contributed by atoms with Crippen LogP contribution in [0.2, 0.25) is 0 Å². The number of hydrogen-bond acceptors (Lipinski definition) is 6. The van der Waals surface area contributed by atoms with E-state index in [-0.39, 0.29) is 12.1 Å². The molecular formula is C29H39N5O2. The lowest BCUT2D eigenvalue weighted by Crippen LogP contribution is -2.54. The highest BCUT2D eigenvalue weighted by Gasteiger charge is 2.31. The minimum absolute atomic E-state index is 0.130. The lowest BCUT2D eigenvalue weighted by atomic mass is 10.1. The first-order valence-electron chi connectivity index (χ1n) is 13.0. The Morgan fingerprint density at radius 2 is 1.75 bits per heavy atom. The van der Waals surface area contributed by atoms with Crippen molar-refractivity contribution in [2.75, 3.05) is 49.1 Å². The fraction of sp³-hybridized carbons (Fsp3) is 0.517. The van der Waals surface area contributed by atoms with E-state index in [0.717, 1.165) is 37.6 Å². The van der Waals surface area contributed by atoms with Crippen molar-refractivity contribution >= 4 is 17.5 Å². The van der Waals surface area contributed by atoms with Gasteiger partial charge in [0.1, 0.15) is 11.7 Å². The monoisotopic (exact) mass is 489 g/mol. The highest BCUT2D eigenvalue weighted by atomic mass is 16.6. The molecular weight excluding hydrogens is 450 g/mol. The molecule has 2 saturated heterocycles.